The van der Waals surface area contributed by atoms with E-state index in [1.54, 1.807) is 17.5 Å². The van der Waals surface area contributed by atoms with Crippen molar-refractivity contribution in [3.8, 4) is 17.2 Å². The number of aromatic amines is 1. The quantitative estimate of drug-likeness (QED) is 0.707. The van der Waals surface area contributed by atoms with Gasteiger partial charge in [-0.05, 0) is 34.9 Å². The third-order valence-electron chi connectivity index (χ3n) is 2.81. The number of hydrogen-bond acceptors (Lipinski definition) is 3. The fraction of sp³-hybridized carbons (Fsp3) is 0.0769. The number of fused-ring (bicyclic) bond motifs is 1. The van der Waals surface area contributed by atoms with E-state index in [-0.39, 0.29) is 0 Å². The van der Waals surface area contributed by atoms with Gasteiger partial charge >= 0.3 is 0 Å². The molecule has 1 N–H and O–H groups in total. The van der Waals surface area contributed by atoms with E-state index in [9.17, 15) is 0 Å². The summed E-state index contributed by atoms with van der Waals surface area (Å²) in [6.07, 6.45) is 3.54. The molecule has 3 rings (SSSR count). The molecule has 0 saturated heterocycles. The number of nitrogens with zero attached hydrogens (tertiary/aromatic N) is 2. The molecule has 0 unspecified atom stereocenters. The normalized spacial score (nSPS) is 10.6. The topological polar surface area (TPSA) is 52.5 Å². The zero-order valence-electron chi connectivity index (χ0n) is 9.19. The molecule has 0 aliphatic heterocycles. The molecule has 0 radical (unpaired) electrons. The van der Waals surface area contributed by atoms with E-state index in [1.807, 2.05) is 12.3 Å². The number of rotatable bonds is 1. The number of pyridine rings is 1. The lowest BCUT2D eigenvalue weighted by atomic mass is 10.1. The minimum atomic E-state index is 0.589. The summed E-state index contributed by atoms with van der Waals surface area (Å²) in [4.78, 5) is 7.38. The van der Waals surface area contributed by atoms with Gasteiger partial charge in [0.1, 0.15) is 11.7 Å². The van der Waals surface area contributed by atoms with Crippen LogP contribution in [0.1, 0.15) is 11.1 Å². The fourth-order valence-electron chi connectivity index (χ4n) is 1.92. The van der Waals surface area contributed by atoms with Gasteiger partial charge in [0.2, 0.25) is 0 Å². The average Bonchev–Trinajstić information content (AvgIpc) is 2.94. The second kappa shape index (κ2) is 3.72. The Morgan fingerprint density at radius 2 is 2.24 bits per heavy atom. The van der Waals surface area contributed by atoms with E-state index in [2.05, 4.69) is 33.7 Å². The summed E-state index contributed by atoms with van der Waals surface area (Å²) in [5, 5.41) is 14.2. The molecule has 4 heteroatoms. The maximum atomic E-state index is 8.91. The van der Waals surface area contributed by atoms with Crippen LogP contribution in [0, 0.1) is 18.3 Å². The third kappa shape index (κ3) is 1.52. The van der Waals surface area contributed by atoms with Crippen molar-refractivity contribution < 1.29 is 0 Å². The summed E-state index contributed by atoms with van der Waals surface area (Å²) in [7, 11) is 0. The highest BCUT2D eigenvalue weighted by molar-refractivity contribution is 7.08. The second-order valence-electron chi connectivity index (χ2n) is 3.90. The largest absolute Gasteiger partial charge is 0.346 e. The van der Waals surface area contributed by atoms with Gasteiger partial charge in [-0.15, -0.1) is 0 Å². The Morgan fingerprint density at radius 1 is 1.35 bits per heavy atom. The molecule has 0 spiro atoms. The van der Waals surface area contributed by atoms with Gasteiger partial charge in [-0.3, -0.25) is 0 Å². The standard InChI is InChI=1S/C13H9N3S/c1-8-6-17-7-12(8)11-5-16-13-10(11)2-9(3-14)4-15-13/h2,4-7H,1H3,(H,15,16). The van der Waals surface area contributed by atoms with Crippen LogP contribution in [-0.2, 0) is 0 Å². The molecule has 0 bridgehead atoms. The van der Waals surface area contributed by atoms with Crippen molar-refractivity contribution in [2.24, 2.45) is 0 Å². The zero-order chi connectivity index (χ0) is 11.8. The van der Waals surface area contributed by atoms with E-state index in [1.165, 1.54) is 11.1 Å². The Morgan fingerprint density at radius 3 is 2.94 bits per heavy atom. The summed E-state index contributed by atoms with van der Waals surface area (Å²) in [6, 6.07) is 4.00. The Kier molecular flexibility index (Phi) is 2.20. The Hall–Kier alpha value is -2.12. The maximum Gasteiger partial charge on any atom is 0.137 e. The fourth-order valence-corrected chi connectivity index (χ4v) is 2.77. The van der Waals surface area contributed by atoms with Crippen molar-refractivity contribution in [1.82, 2.24) is 9.97 Å². The van der Waals surface area contributed by atoms with Crippen LogP contribution >= 0.6 is 11.3 Å². The number of nitrogens with one attached hydrogen (secondary N) is 1. The predicted molar refractivity (Wildman–Crippen MR) is 68.9 cm³/mol. The number of hydrogen-bond donors (Lipinski definition) is 1. The van der Waals surface area contributed by atoms with E-state index in [4.69, 9.17) is 5.26 Å². The SMILES string of the molecule is Cc1cscc1-c1c[nH]c2ncc(C#N)cc12. The summed E-state index contributed by atoms with van der Waals surface area (Å²) in [6.45, 7) is 2.09. The van der Waals surface area contributed by atoms with Crippen LogP contribution < -0.4 is 0 Å². The lowest BCUT2D eigenvalue weighted by molar-refractivity contribution is 1.31. The molecule has 3 aromatic heterocycles. The number of nitriles is 1. The molecule has 0 amide bonds. The van der Waals surface area contributed by atoms with Gasteiger partial charge in [-0.2, -0.15) is 16.6 Å². The van der Waals surface area contributed by atoms with Crippen LogP contribution in [0.5, 0.6) is 0 Å². The molecular weight excluding hydrogens is 230 g/mol. The Labute approximate surface area is 102 Å². The van der Waals surface area contributed by atoms with Crippen molar-refractivity contribution in [2.45, 2.75) is 6.92 Å². The van der Waals surface area contributed by atoms with E-state index < -0.39 is 0 Å². The highest BCUT2D eigenvalue weighted by Crippen LogP contribution is 2.32. The highest BCUT2D eigenvalue weighted by atomic mass is 32.1. The number of aromatic nitrogens is 2. The van der Waals surface area contributed by atoms with E-state index in [0.29, 0.717) is 5.56 Å². The Balaban J connectivity index is 2.31. The van der Waals surface area contributed by atoms with Gasteiger partial charge in [0.05, 0.1) is 5.56 Å². The van der Waals surface area contributed by atoms with Crippen LogP contribution in [0.25, 0.3) is 22.2 Å². The molecule has 3 aromatic rings. The molecule has 17 heavy (non-hydrogen) atoms. The molecule has 0 aromatic carbocycles. The van der Waals surface area contributed by atoms with Crippen LogP contribution in [0.4, 0.5) is 0 Å². The molecule has 0 saturated carbocycles. The van der Waals surface area contributed by atoms with Gasteiger partial charge in [0, 0.05) is 23.3 Å². The smallest absolute Gasteiger partial charge is 0.137 e. The predicted octanol–water partition coefficient (Wildman–Crippen LogP) is 3.47. The van der Waals surface area contributed by atoms with E-state index >= 15 is 0 Å². The summed E-state index contributed by atoms with van der Waals surface area (Å²) >= 11 is 1.68. The van der Waals surface area contributed by atoms with Gasteiger partial charge in [-0.25, -0.2) is 4.98 Å². The number of aryl methyl sites for hydroxylation is 1. The first kappa shape index (κ1) is 10.1. The minimum absolute atomic E-state index is 0.589. The second-order valence-corrected chi connectivity index (χ2v) is 4.65. The molecule has 0 atom stereocenters. The molecule has 0 aliphatic carbocycles. The minimum Gasteiger partial charge on any atom is -0.346 e. The van der Waals surface area contributed by atoms with Crippen LogP contribution in [0.3, 0.4) is 0 Å². The van der Waals surface area contributed by atoms with Gasteiger partial charge in [0.25, 0.3) is 0 Å². The summed E-state index contributed by atoms with van der Waals surface area (Å²) < 4.78 is 0. The first-order chi connectivity index (χ1) is 8.29. The molecule has 3 nitrogen and oxygen atoms in total. The maximum absolute atomic E-state index is 8.91. The third-order valence-corrected chi connectivity index (χ3v) is 3.67. The average molecular weight is 239 g/mol. The Bertz CT molecular complexity index is 731. The summed E-state index contributed by atoms with van der Waals surface area (Å²) in [5.41, 5.74) is 4.98. The molecule has 82 valence electrons. The number of H-pyrrole nitrogens is 1. The molecule has 0 fully saturated rings. The van der Waals surface area contributed by atoms with Crippen LogP contribution in [0.15, 0.2) is 29.2 Å². The lowest BCUT2D eigenvalue weighted by Gasteiger charge is -1.98. The lowest BCUT2D eigenvalue weighted by Crippen LogP contribution is -1.81. The van der Waals surface area contributed by atoms with Crippen molar-refractivity contribution in [3.63, 3.8) is 0 Å². The number of thiophene rings is 1. The van der Waals surface area contributed by atoms with Gasteiger partial charge in [-0.1, -0.05) is 0 Å². The first-order valence-electron chi connectivity index (χ1n) is 5.20. The summed E-state index contributed by atoms with van der Waals surface area (Å²) in [5.74, 6) is 0. The monoisotopic (exact) mass is 239 g/mol. The molecule has 3 heterocycles. The van der Waals surface area contributed by atoms with E-state index in [0.717, 1.165) is 16.6 Å². The van der Waals surface area contributed by atoms with Crippen LogP contribution in [0.2, 0.25) is 0 Å². The zero-order valence-corrected chi connectivity index (χ0v) is 10.0. The first-order valence-corrected chi connectivity index (χ1v) is 6.14. The van der Waals surface area contributed by atoms with Crippen molar-refractivity contribution in [2.75, 3.05) is 0 Å². The molecular formula is C13H9N3S. The van der Waals surface area contributed by atoms with Crippen molar-refractivity contribution >= 4 is 22.4 Å². The van der Waals surface area contributed by atoms with Crippen molar-refractivity contribution in [1.29, 1.82) is 5.26 Å². The van der Waals surface area contributed by atoms with Gasteiger partial charge in [0.15, 0.2) is 0 Å². The molecule has 0 aliphatic rings. The van der Waals surface area contributed by atoms with Gasteiger partial charge < -0.3 is 4.98 Å². The van der Waals surface area contributed by atoms with Crippen molar-refractivity contribution in [3.05, 3.63) is 40.3 Å². The van der Waals surface area contributed by atoms with Crippen LogP contribution in [-0.4, -0.2) is 9.97 Å². The highest BCUT2D eigenvalue weighted by Gasteiger charge is 2.10.